The topological polar surface area (TPSA) is 61.9 Å². The van der Waals surface area contributed by atoms with Crippen molar-refractivity contribution in [3.05, 3.63) is 51.2 Å². The van der Waals surface area contributed by atoms with Crippen molar-refractivity contribution in [2.45, 2.75) is 26.7 Å². The zero-order chi connectivity index (χ0) is 14.3. The summed E-state index contributed by atoms with van der Waals surface area (Å²) in [4.78, 5) is 25.9. The van der Waals surface area contributed by atoms with E-state index in [4.69, 9.17) is 0 Å². The summed E-state index contributed by atoms with van der Waals surface area (Å²) in [5, 5.41) is 0. The molecule has 2 aromatic rings. The van der Waals surface area contributed by atoms with Crippen LogP contribution in [-0.2, 0) is 0 Å². The molecule has 0 amide bonds. The van der Waals surface area contributed by atoms with Crippen molar-refractivity contribution in [2.75, 3.05) is 18.0 Å². The summed E-state index contributed by atoms with van der Waals surface area (Å²) in [7, 11) is 0. The van der Waals surface area contributed by atoms with Crippen LogP contribution in [0.3, 0.4) is 0 Å². The van der Waals surface area contributed by atoms with Crippen LogP contribution < -0.4 is 10.3 Å². The second kappa shape index (κ2) is 4.74. The Morgan fingerprint density at radius 3 is 2.35 bits per heavy atom. The maximum absolute atomic E-state index is 11.5. The van der Waals surface area contributed by atoms with E-state index in [0.717, 1.165) is 41.8 Å². The molecule has 0 aromatic carbocycles. The molecular formula is C15H18N4O. The molecule has 2 aromatic heterocycles. The minimum atomic E-state index is 0.0670. The molecule has 0 saturated carbocycles. The number of pyridine rings is 1. The molecule has 3 heterocycles. The molecular weight excluding hydrogens is 252 g/mol. The van der Waals surface area contributed by atoms with Gasteiger partial charge in [0.2, 0.25) is 5.95 Å². The van der Waals surface area contributed by atoms with Gasteiger partial charge in [-0.3, -0.25) is 4.79 Å². The number of rotatable bonds is 2. The number of nitrogens with one attached hydrogen (secondary N) is 1. The Kier molecular flexibility index (Phi) is 3.04. The average molecular weight is 270 g/mol. The quantitative estimate of drug-likeness (QED) is 0.902. The Morgan fingerprint density at radius 2 is 1.75 bits per heavy atom. The molecule has 0 bridgehead atoms. The summed E-state index contributed by atoms with van der Waals surface area (Å²) < 4.78 is 0. The standard InChI is InChI=1S/C15H18N4O/c1-9-4-10(2)18-15(17-9)19-7-12(8-19)14-6-13(20)5-11(3)16-14/h4-6,12H,7-8H2,1-3H3,(H,16,20). The lowest BCUT2D eigenvalue weighted by atomic mass is 9.96. The maximum Gasteiger partial charge on any atom is 0.225 e. The van der Waals surface area contributed by atoms with Crippen LogP contribution in [-0.4, -0.2) is 28.0 Å². The summed E-state index contributed by atoms with van der Waals surface area (Å²) in [5.41, 5.74) is 3.96. The predicted molar refractivity (Wildman–Crippen MR) is 78.3 cm³/mol. The Bertz CT molecular complexity index is 681. The van der Waals surface area contributed by atoms with E-state index in [0.29, 0.717) is 5.92 Å². The summed E-state index contributed by atoms with van der Waals surface area (Å²) in [6, 6.07) is 5.28. The zero-order valence-electron chi connectivity index (χ0n) is 12.0. The van der Waals surface area contributed by atoms with Crippen LogP contribution in [0.15, 0.2) is 23.0 Å². The van der Waals surface area contributed by atoms with Crippen molar-refractivity contribution in [3.63, 3.8) is 0 Å². The van der Waals surface area contributed by atoms with Crippen molar-refractivity contribution in [1.29, 1.82) is 0 Å². The van der Waals surface area contributed by atoms with E-state index < -0.39 is 0 Å². The van der Waals surface area contributed by atoms with Crippen molar-refractivity contribution >= 4 is 5.95 Å². The normalized spacial score (nSPS) is 15.2. The molecule has 5 heteroatoms. The van der Waals surface area contributed by atoms with Gasteiger partial charge in [0.15, 0.2) is 5.43 Å². The van der Waals surface area contributed by atoms with Crippen molar-refractivity contribution in [2.24, 2.45) is 0 Å². The van der Waals surface area contributed by atoms with E-state index in [2.05, 4.69) is 19.9 Å². The Balaban J connectivity index is 1.76. The number of aromatic amines is 1. The van der Waals surface area contributed by atoms with Crippen LogP contribution in [0, 0.1) is 20.8 Å². The van der Waals surface area contributed by atoms with Gasteiger partial charge in [-0.15, -0.1) is 0 Å². The van der Waals surface area contributed by atoms with Gasteiger partial charge in [0.25, 0.3) is 0 Å². The molecule has 1 fully saturated rings. The van der Waals surface area contributed by atoms with Gasteiger partial charge in [-0.25, -0.2) is 9.97 Å². The molecule has 1 N–H and O–H groups in total. The molecule has 5 nitrogen and oxygen atoms in total. The van der Waals surface area contributed by atoms with E-state index in [1.165, 1.54) is 0 Å². The summed E-state index contributed by atoms with van der Waals surface area (Å²) in [6.07, 6.45) is 0. The highest BCUT2D eigenvalue weighted by atomic mass is 16.1. The van der Waals surface area contributed by atoms with Gasteiger partial charge in [-0.05, 0) is 26.8 Å². The first-order chi connectivity index (χ1) is 9.51. The monoisotopic (exact) mass is 270 g/mol. The van der Waals surface area contributed by atoms with Gasteiger partial charge in [0.1, 0.15) is 0 Å². The first kappa shape index (κ1) is 12.8. The highest BCUT2D eigenvalue weighted by molar-refractivity contribution is 5.39. The minimum Gasteiger partial charge on any atom is -0.362 e. The molecule has 20 heavy (non-hydrogen) atoms. The largest absolute Gasteiger partial charge is 0.362 e. The SMILES string of the molecule is Cc1cc(C)nc(N2CC(c3cc(=O)cc(C)[nH]3)C2)n1. The van der Waals surface area contributed by atoms with Gasteiger partial charge in [-0.1, -0.05) is 0 Å². The average Bonchev–Trinajstić information content (AvgIpc) is 2.23. The van der Waals surface area contributed by atoms with E-state index in [9.17, 15) is 4.79 Å². The fraction of sp³-hybridized carbons (Fsp3) is 0.400. The molecule has 3 rings (SSSR count). The number of anilines is 1. The third kappa shape index (κ3) is 2.43. The molecule has 104 valence electrons. The maximum atomic E-state index is 11.5. The number of aryl methyl sites for hydroxylation is 3. The van der Waals surface area contributed by atoms with Gasteiger partial charge in [-0.2, -0.15) is 0 Å². The molecule has 0 unspecified atom stereocenters. The van der Waals surface area contributed by atoms with Crippen LogP contribution in [0.25, 0.3) is 0 Å². The number of hydrogen-bond donors (Lipinski definition) is 1. The minimum absolute atomic E-state index is 0.0670. The van der Waals surface area contributed by atoms with Crippen LogP contribution in [0.5, 0.6) is 0 Å². The van der Waals surface area contributed by atoms with Crippen molar-refractivity contribution < 1.29 is 0 Å². The summed E-state index contributed by atoms with van der Waals surface area (Å²) in [5.74, 6) is 1.14. The van der Waals surface area contributed by atoms with Crippen LogP contribution in [0.1, 0.15) is 28.7 Å². The predicted octanol–water partition coefficient (Wildman–Crippen LogP) is 1.69. The second-order valence-corrected chi connectivity index (χ2v) is 5.51. The molecule has 0 spiro atoms. The Hall–Kier alpha value is -2.17. The fourth-order valence-corrected chi connectivity index (χ4v) is 2.62. The van der Waals surface area contributed by atoms with Gasteiger partial charge in [0, 0.05) is 53.9 Å². The van der Waals surface area contributed by atoms with E-state index >= 15 is 0 Å². The highest BCUT2D eigenvalue weighted by Gasteiger charge is 2.30. The zero-order valence-corrected chi connectivity index (χ0v) is 12.0. The number of aromatic nitrogens is 3. The van der Waals surface area contributed by atoms with Crippen LogP contribution >= 0.6 is 0 Å². The highest BCUT2D eigenvalue weighted by Crippen LogP contribution is 2.28. The molecule has 1 aliphatic heterocycles. The van der Waals surface area contributed by atoms with Crippen LogP contribution in [0.4, 0.5) is 5.95 Å². The van der Waals surface area contributed by atoms with Gasteiger partial charge < -0.3 is 9.88 Å². The lowest BCUT2D eigenvalue weighted by Gasteiger charge is -2.39. The fourth-order valence-electron chi connectivity index (χ4n) is 2.62. The molecule has 0 radical (unpaired) electrons. The molecule has 1 aliphatic rings. The number of hydrogen-bond acceptors (Lipinski definition) is 4. The lowest BCUT2D eigenvalue weighted by molar-refractivity contribution is 0.501. The Labute approximate surface area is 117 Å². The summed E-state index contributed by atoms with van der Waals surface area (Å²) >= 11 is 0. The smallest absolute Gasteiger partial charge is 0.225 e. The molecule has 0 atom stereocenters. The molecule has 0 aliphatic carbocycles. The van der Waals surface area contributed by atoms with E-state index in [1.807, 2.05) is 26.8 Å². The Morgan fingerprint density at radius 1 is 1.10 bits per heavy atom. The summed E-state index contributed by atoms with van der Waals surface area (Å²) in [6.45, 7) is 7.57. The number of H-pyrrole nitrogens is 1. The van der Waals surface area contributed by atoms with Gasteiger partial charge in [0.05, 0.1) is 0 Å². The third-order valence-electron chi connectivity index (χ3n) is 3.57. The van der Waals surface area contributed by atoms with Gasteiger partial charge >= 0.3 is 0 Å². The van der Waals surface area contributed by atoms with E-state index in [1.54, 1.807) is 12.1 Å². The second-order valence-electron chi connectivity index (χ2n) is 5.51. The first-order valence-corrected chi connectivity index (χ1v) is 6.79. The molecule has 1 saturated heterocycles. The lowest BCUT2D eigenvalue weighted by Crippen LogP contribution is -2.46. The third-order valence-corrected chi connectivity index (χ3v) is 3.57. The van der Waals surface area contributed by atoms with Crippen molar-refractivity contribution in [3.8, 4) is 0 Å². The number of nitrogens with zero attached hydrogens (tertiary/aromatic N) is 3. The van der Waals surface area contributed by atoms with E-state index in [-0.39, 0.29) is 5.43 Å². The van der Waals surface area contributed by atoms with Crippen molar-refractivity contribution in [1.82, 2.24) is 15.0 Å². The van der Waals surface area contributed by atoms with Crippen LogP contribution in [0.2, 0.25) is 0 Å². The first-order valence-electron chi connectivity index (χ1n) is 6.79.